The molecule has 0 saturated carbocycles. The Balaban J connectivity index is 1.74. The first-order chi connectivity index (χ1) is 10.1. The van der Waals surface area contributed by atoms with E-state index in [4.69, 9.17) is 4.74 Å². The number of Topliss-reactive ketones (excluding diaryl/α,β-unsaturated/α-hetero) is 1. The second-order valence-electron chi connectivity index (χ2n) is 5.62. The summed E-state index contributed by atoms with van der Waals surface area (Å²) in [5, 5.41) is 0. The summed E-state index contributed by atoms with van der Waals surface area (Å²) in [6, 6.07) is 6.63. The third kappa shape index (κ3) is 1.58. The van der Waals surface area contributed by atoms with E-state index in [0.717, 1.165) is 0 Å². The van der Waals surface area contributed by atoms with E-state index >= 15 is 0 Å². The molecule has 106 valence electrons. The van der Waals surface area contributed by atoms with Gasteiger partial charge in [-0.25, -0.2) is 4.90 Å². The maximum atomic E-state index is 12.6. The predicted molar refractivity (Wildman–Crippen MR) is 73.7 cm³/mol. The number of benzene rings is 1. The molecule has 21 heavy (non-hydrogen) atoms. The van der Waals surface area contributed by atoms with E-state index in [1.54, 1.807) is 24.3 Å². The highest BCUT2D eigenvalue weighted by Gasteiger charge is 2.60. The molecule has 3 aliphatic heterocycles. The third-order valence-electron chi connectivity index (χ3n) is 4.42. The Hall–Kier alpha value is -2.27. The van der Waals surface area contributed by atoms with Crippen LogP contribution in [-0.2, 0) is 14.3 Å². The monoisotopic (exact) mass is 283 g/mol. The fraction of sp³-hybridized carbons (Fsp3) is 0.312. The first-order valence-electron chi connectivity index (χ1n) is 6.90. The summed E-state index contributed by atoms with van der Waals surface area (Å²) in [6.45, 7) is 1.46. The maximum Gasteiger partial charge on any atom is 0.240 e. The molecule has 5 nitrogen and oxygen atoms in total. The van der Waals surface area contributed by atoms with E-state index in [1.165, 1.54) is 11.8 Å². The Bertz CT molecular complexity index is 678. The number of amides is 2. The average Bonchev–Trinajstić information content (AvgIpc) is 3.13. The van der Waals surface area contributed by atoms with Gasteiger partial charge >= 0.3 is 0 Å². The van der Waals surface area contributed by atoms with E-state index in [9.17, 15) is 14.4 Å². The Morgan fingerprint density at radius 2 is 1.71 bits per heavy atom. The van der Waals surface area contributed by atoms with Crippen LogP contribution in [0.2, 0.25) is 0 Å². The van der Waals surface area contributed by atoms with Gasteiger partial charge < -0.3 is 4.74 Å². The lowest BCUT2D eigenvalue weighted by Gasteiger charge is -2.18. The molecule has 2 bridgehead atoms. The highest BCUT2D eigenvalue weighted by Crippen LogP contribution is 2.46. The molecule has 2 saturated heterocycles. The van der Waals surface area contributed by atoms with Crippen molar-refractivity contribution in [2.75, 3.05) is 4.90 Å². The van der Waals surface area contributed by atoms with Gasteiger partial charge in [0, 0.05) is 5.56 Å². The lowest BCUT2D eigenvalue weighted by Crippen LogP contribution is -2.34. The van der Waals surface area contributed by atoms with Crippen LogP contribution in [0.3, 0.4) is 0 Å². The van der Waals surface area contributed by atoms with Crippen molar-refractivity contribution in [3.05, 3.63) is 42.0 Å². The van der Waals surface area contributed by atoms with Gasteiger partial charge in [0.15, 0.2) is 5.78 Å². The maximum absolute atomic E-state index is 12.6. The molecule has 4 rings (SSSR count). The minimum Gasteiger partial charge on any atom is -0.365 e. The normalized spacial score (nSPS) is 32.9. The van der Waals surface area contributed by atoms with Crippen LogP contribution >= 0.6 is 0 Å². The van der Waals surface area contributed by atoms with Crippen LogP contribution in [-0.4, -0.2) is 29.8 Å². The van der Waals surface area contributed by atoms with Crippen LogP contribution in [0.1, 0.15) is 17.3 Å². The molecular weight excluding hydrogens is 270 g/mol. The number of hydrogen-bond donors (Lipinski definition) is 0. The second kappa shape index (κ2) is 4.11. The van der Waals surface area contributed by atoms with E-state index < -0.39 is 11.8 Å². The van der Waals surface area contributed by atoms with Crippen LogP contribution in [0.5, 0.6) is 0 Å². The fourth-order valence-corrected chi connectivity index (χ4v) is 3.42. The Labute approximate surface area is 121 Å². The molecule has 2 fully saturated rings. The summed E-state index contributed by atoms with van der Waals surface area (Å²) in [5.41, 5.74) is 0.953. The molecule has 4 atom stereocenters. The average molecular weight is 283 g/mol. The van der Waals surface area contributed by atoms with Crippen molar-refractivity contribution in [1.29, 1.82) is 0 Å². The van der Waals surface area contributed by atoms with Gasteiger partial charge in [0.05, 0.1) is 29.7 Å². The Morgan fingerprint density at radius 3 is 2.29 bits per heavy atom. The molecule has 0 N–H and O–H groups in total. The van der Waals surface area contributed by atoms with Gasteiger partial charge in [0.1, 0.15) is 0 Å². The summed E-state index contributed by atoms with van der Waals surface area (Å²) in [5.74, 6) is -1.41. The first-order valence-corrected chi connectivity index (χ1v) is 6.90. The fourth-order valence-electron chi connectivity index (χ4n) is 3.42. The zero-order valence-electron chi connectivity index (χ0n) is 11.4. The van der Waals surface area contributed by atoms with Gasteiger partial charge in [-0.2, -0.15) is 0 Å². The topological polar surface area (TPSA) is 63.7 Å². The minimum absolute atomic E-state index is 0.0961. The summed E-state index contributed by atoms with van der Waals surface area (Å²) < 4.78 is 5.59. The van der Waals surface area contributed by atoms with Crippen molar-refractivity contribution in [3.8, 4) is 0 Å². The van der Waals surface area contributed by atoms with Crippen LogP contribution in [0.4, 0.5) is 5.69 Å². The van der Waals surface area contributed by atoms with Gasteiger partial charge in [0.2, 0.25) is 11.8 Å². The molecule has 1 aromatic carbocycles. The molecule has 4 unspecified atom stereocenters. The molecule has 1 aromatic rings. The number of nitrogens with zero attached hydrogens (tertiary/aromatic N) is 1. The summed E-state index contributed by atoms with van der Waals surface area (Å²) >= 11 is 0. The van der Waals surface area contributed by atoms with E-state index in [-0.39, 0.29) is 29.8 Å². The number of hydrogen-bond acceptors (Lipinski definition) is 4. The number of anilines is 1. The third-order valence-corrected chi connectivity index (χ3v) is 4.42. The highest BCUT2D eigenvalue weighted by molar-refractivity contribution is 6.23. The minimum atomic E-state index is -0.423. The van der Waals surface area contributed by atoms with Gasteiger partial charge in [-0.15, -0.1) is 0 Å². The summed E-state index contributed by atoms with van der Waals surface area (Å²) in [7, 11) is 0. The Kier molecular flexibility index (Phi) is 2.44. The number of imide groups is 1. The van der Waals surface area contributed by atoms with Crippen molar-refractivity contribution >= 4 is 23.3 Å². The molecule has 0 spiro atoms. The van der Waals surface area contributed by atoms with Gasteiger partial charge in [0.25, 0.3) is 0 Å². The molecule has 0 radical (unpaired) electrons. The number of fused-ring (bicyclic) bond motifs is 5. The number of rotatable bonds is 2. The molecule has 0 aromatic heterocycles. The van der Waals surface area contributed by atoms with Gasteiger partial charge in [-0.3, -0.25) is 14.4 Å². The largest absolute Gasteiger partial charge is 0.365 e. The van der Waals surface area contributed by atoms with Crippen LogP contribution in [0.15, 0.2) is 36.4 Å². The quantitative estimate of drug-likeness (QED) is 0.466. The predicted octanol–water partition coefficient (Wildman–Crippen LogP) is 1.33. The van der Waals surface area contributed by atoms with E-state index in [1.807, 2.05) is 12.2 Å². The van der Waals surface area contributed by atoms with Crippen LogP contribution in [0.25, 0.3) is 0 Å². The molecular formula is C16H13NO4. The Morgan fingerprint density at radius 1 is 1.10 bits per heavy atom. The smallest absolute Gasteiger partial charge is 0.240 e. The van der Waals surface area contributed by atoms with Gasteiger partial charge in [-0.05, 0) is 19.1 Å². The first kappa shape index (κ1) is 12.5. The number of carbonyl (C=O) groups is 3. The molecule has 3 heterocycles. The van der Waals surface area contributed by atoms with Crippen molar-refractivity contribution in [2.45, 2.75) is 19.1 Å². The molecule has 3 aliphatic rings. The molecule has 5 heteroatoms. The molecule has 2 amide bonds. The number of ketones is 1. The van der Waals surface area contributed by atoms with Crippen molar-refractivity contribution in [2.24, 2.45) is 11.8 Å². The second-order valence-corrected chi connectivity index (χ2v) is 5.62. The van der Waals surface area contributed by atoms with E-state index in [2.05, 4.69) is 0 Å². The van der Waals surface area contributed by atoms with Crippen LogP contribution in [0, 0.1) is 11.8 Å². The van der Waals surface area contributed by atoms with Crippen LogP contribution < -0.4 is 4.90 Å². The SMILES string of the molecule is CC(=O)c1cccc(N2C(=O)C3C4C=CC(O4)C3C2=O)c1. The summed E-state index contributed by atoms with van der Waals surface area (Å²) in [4.78, 5) is 37.8. The van der Waals surface area contributed by atoms with Gasteiger partial charge in [-0.1, -0.05) is 24.3 Å². The van der Waals surface area contributed by atoms with Crippen molar-refractivity contribution < 1.29 is 19.1 Å². The lowest BCUT2D eigenvalue weighted by molar-refractivity contribution is -0.124. The number of carbonyl (C=O) groups excluding carboxylic acids is 3. The summed E-state index contributed by atoms with van der Waals surface area (Å²) in [6.07, 6.45) is 3.12. The van der Waals surface area contributed by atoms with Crippen molar-refractivity contribution in [1.82, 2.24) is 0 Å². The molecule has 0 aliphatic carbocycles. The zero-order chi connectivity index (χ0) is 14.7. The standard InChI is InChI=1S/C16H13NO4/c1-8(18)9-3-2-4-10(7-9)17-15(19)13-11-5-6-12(21-11)14(13)16(17)20/h2-7,11-14H,1H3. The highest BCUT2D eigenvalue weighted by atomic mass is 16.5. The lowest BCUT2D eigenvalue weighted by atomic mass is 9.85. The van der Waals surface area contributed by atoms with Crippen molar-refractivity contribution in [3.63, 3.8) is 0 Å². The number of ether oxygens (including phenoxy) is 1. The van der Waals surface area contributed by atoms with E-state index in [0.29, 0.717) is 11.3 Å². The zero-order valence-corrected chi connectivity index (χ0v) is 11.4.